The van der Waals surface area contributed by atoms with Gasteiger partial charge in [0.1, 0.15) is 0 Å². The Morgan fingerprint density at radius 2 is 1.56 bits per heavy atom. The molecular weight excluding hydrogens is 404 g/mol. The summed E-state index contributed by atoms with van der Waals surface area (Å²) in [6.45, 7) is 4.15. The quantitative estimate of drug-likeness (QED) is 0.627. The largest absolute Gasteiger partial charge is 0.368 e. The second kappa shape index (κ2) is 9.53. The average Bonchev–Trinajstić information content (AvgIpc) is 3.04. The van der Waals surface area contributed by atoms with Gasteiger partial charge in [0.2, 0.25) is 5.91 Å². The SMILES string of the molecule is CN(C)Cc1cccc(N2CCN(C(=O)CCCN3C(=O)c4ccccc4C3=O)CC2)c1. The smallest absolute Gasteiger partial charge is 0.261 e. The Morgan fingerprint density at radius 3 is 2.19 bits per heavy atom. The minimum absolute atomic E-state index is 0.0858. The average molecular weight is 435 g/mol. The van der Waals surface area contributed by atoms with E-state index >= 15 is 0 Å². The monoisotopic (exact) mass is 434 g/mol. The van der Waals surface area contributed by atoms with Gasteiger partial charge in [-0.05, 0) is 50.3 Å². The molecule has 0 aromatic heterocycles. The van der Waals surface area contributed by atoms with Crippen molar-refractivity contribution in [1.82, 2.24) is 14.7 Å². The van der Waals surface area contributed by atoms with Crippen molar-refractivity contribution in [1.29, 1.82) is 0 Å². The molecule has 3 amide bonds. The molecule has 4 rings (SSSR count). The maximum atomic E-state index is 12.7. The summed E-state index contributed by atoms with van der Waals surface area (Å²) < 4.78 is 0. The highest BCUT2D eigenvalue weighted by molar-refractivity contribution is 6.21. The fourth-order valence-corrected chi connectivity index (χ4v) is 4.42. The molecule has 0 saturated carbocycles. The van der Waals surface area contributed by atoms with Crippen LogP contribution in [0.2, 0.25) is 0 Å². The molecule has 32 heavy (non-hydrogen) atoms. The number of anilines is 1. The first-order valence-corrected chi connectivity index (χ1v) is 11.2. The van der Waals surface area contributed by atoms with Gasteiger partial charge in [0, 0.05) is 51.4 Å². The number of nitrogens with zero attached hydrogens (tertiary/aromatic N) is 4. The number of imide groups is 1. The second-order valence-corrected chi connectivity index (χ2v) is 8.69. The van der Waals surface area contributed by atoms with Crippen molar-refractivity contribution >= 4 is 23.4 Å². The Labute approximate surface area is 189 Å². The van der Waals surface area contributed by atoms with E-state index in [4.69, 9.17) is 0 Å². The first-order valence-electron chi connectivity index (χ1n) is 11.2. The van der Waals surface area contributed by atoms with Crippen LogP contribution in [0, 0.1) is 0 Å². The van der Waals surface area contributed by atoms with Crippen LogP contribution in [0.5, 0.6) is 0 Å². The Balaban J connectivity index is 1.24. The van der Waals surface area contributed by atoms with Crippen LogP contribution in [-0.2, 0) is 11.3 Å². The van der Waals surface area contributed by atoms with E-state index in [2.05, 4.69) is 48.2 Å². The lowest BCUT2D eigenvalue weighted by Crippen LogP contribution is -2.49. The number of amides is 3. The van der Waals surface area contributed by atoms with Crippen LogP contribution in [0.4, 0.5) is 5.69 Å². The molecule has 7 nitrogen and oxygen atoms in total. The summed E-state index contributed by atoms with van der Waals surface area (Å²) in [4.78, 5) is 45.2. The third kappa shape index (κ3) is 4.67. The van der Waals surface area contributed by atoms with Crippen LogP contribution in [0.3, 0.4) is 0 Å². The molecule has 2 aliphatic heterocycles. The minimum Gasteiger partial charge on any atom is -0.368 e. The molecule has 0 N–H and O–H groups in total. The summed E-state index contributed by atoms with van der Waals surface area (Å²) in [5.74, 6) is -0.436. The van der Waals surface area contributed by atoms with E-state index in [-0.39, 0.29) is 24.3 Å². The Hall–Kier alpha value is -3.19. The number of piperazine rings is 1. The molecule has 0 atom stereocenters. The molecule has 1 fully saturated rings. The minimum atomic E-state index is -0.261. The maximum Gasteiger partial charge on any atom is 0.261 e. The van der Waals surface area contributed by atoms with E-state index in [1.165, 1.54) is 16.2 Å². The van der Waals surface area contributed by atoms with Gasteiger partial charge >= 0.3 is 0 Å². The van der Waals surface area contributed by atoms with Crippen LogP contribution in [0.1, 0.15) is 39.1 Å². The number of fused-ring (bicyclic) bond motifs is 1. The van der Waals surface area contributed by atoms with Gasteiger partial charge in [0.25, 0.3) is 11.8 Å². The fourth-order valence-electron chi connectivity index (χ4n) is 4.42. The molecular formula is C25H30N4O3. The predicted molar refractivity (Wildman–Crippen MR) is 124 cm³/mol. The first kappa shape index (κ1) is 22.0. The van der Waals surface area contributed by atoms with Crippen LogP contribution in [0.25, 0.3) is 0 Å². The van der Waals surface area contributed by atoms with Crippen LogP contribution >= 0.6 is 0 Å². The van der Waals surface area contributed by atoms with E-state index in [0.717, 1.165) is 19.6 Å². The molecule has 2 aliphatic rings. The third-order valence-corrected chi connectivity index (χ3v) is 6.06. The van der Waals surface area contributed by atoms with Gasteiger partial charge in [0.05, 0.1) is 11.1 Å². The number of hydrogen-bond acceptors (Lipinski definition) is 5. The molecule has 168 valence electrons. The number of benzene rings is 2. The number of rotatable bonds is 7. The standard InChI is InChI=1S/C25H30N4O3/c1-26(2)18-19-7-5-8-20(17-19)27-13-15-28(16-14-27)23(30)11-6-12-29-24(31)21-9-3-4-10-22(21)25(29)32/h3-5,7-10,17H,6,11-16,18H2,1-2H3. The zero-order chi connectivity index (χ0) is 22.7. The highest BCUT2D eigenvalue weighted by Crippen LogP contribution is 2.23. The fraction of sp³-hybridized carbons (Fsp3) is 0.400. The van der Waals surface area contributed by atoms with Crippen molar-refractivity contribution < 1.29 is 14.4 Å². The van der Waals surface area contributed by atoms with Crippen LogP contribution < -0.4 is 4.90 Å². The zero-order valence-corrected chi connectivity index (χ0v) is 18.8. The second-order valence-electron chi connectivity index (χ2n) is 8.69. The summed E-state index contributed by atoms with van der Waals surface area (Å²) in [6.07, 6.45) is 0.822. The van der Waals surface area contributed by atoms with Gasteiger partial charge in [-0.25, -0.2) is 0 Å². The molecule has 1 saturated heterocycles. The molecule has 2 aromatic rings. The highest BCUT2D eigenvalue weighted by atomic mass is 16.2. The van der Waals surface area contributed by atoms with Crippen molar-refractivity contribution in [2.45, 2.75) is 19.4 Å². The Bertz CT molecular complexity index is 977. The van der Waals surface area contributed by atoms with Crippen LogP contribution in [-0.4, -0.2) is 79.2 Å². The molecule has 0 unspecified atom stereocenters. The van der Waals surface area contributed by atoms with Crippen molar-refractivity contribution in [2.24, 2.45) is 0 Å². The Morgan fingerprint density at radius 1 is 0.906 bits per heavy atom. The van der Waals surface area contributed by atoms with Crippen molar-refractivity contribution in [3.63, 3.8) is 0 Å². The van der Waals surface area contributed by atoms with Gasteiger partial charge in [-0.1, -0.05) is 24.3 Å². The lowest BCUT2D eigenvalue weighted by atomic mass is 10.1. The van der Waals surface area contributed by atoms with E-state index in [0.29, 0.717) is 37.1 Å². The molecule has 0 radical (unpaired) electrons. The predicted octanol–water partition coefficient (Wildman–Crippen LogP) is 2.47. The topological polar surface area (TPSA) is 64.2 Å². The molecule has 2 heterocycles. The van der Waals surface area contributed by atoms with E-state index < -0.39 is 0 Å². The summed E-state index contributed by atoms with van der Waals surface area (Å²) in [6, 6.07) is 15.4. The van der Waals surface area contributed by atoms with Gasteiger partial charge < -0.3 is 14.7 Å². The summed E-state index contributed by atoms with van der Waals surface area (Å²) in [5, 5.41) is 0. The molecule has 0 bridgehead atoms. The number of carbonyl (C=O) groups excluding carboxylic acids is 3. The van der Waals surface area contributed by atoms with Gasteiger partial charge in [-0.3, -0.25) is 19.3 Å². The third-order valence-electron chi connectivity index (χ3n) is 6.06. The zero-order valence-electron chi connectivity index (χ0n) is 18.8. The summed E-state index contributed by atoms with van der Waals surface area (Å²) in [7, 11) is 4.12. The molecule has 7 heteroatoms. The normalized spacial score (nSPS) is 16.2. The van der Waals surface area contributed by atoms with Gasteiger partial charge in [-0.2, -0.15) is 0 Å². The molecule has 0 aliphatic carbocycles. The van der Waals surface area contributed by atoms with Crippen LogP contribution in [0.15, 0.2) is 48.5 Å². The number of hydrogen-bond donors (Lipinski definition) is 0. The van der Waals surface area contributed by atoms with E-state index in [1.807, 2.05) is 4.90 Å². The first-order chi connectivity index (χ1) is 15.4. The van der Waals surface area contributed by atoms with Gasteiger partial charge in [-0.15, -0.1) is 0 Å². The van der Waals surface area contributed by atoms with Crippen molar-refractivity contribution in [3.8, 4) is 0 Å². The Kier molecular flexibility index (Phi) is 6.55. The number of carbonyl (C=O) groups is 3. The molecule has 0 spiro atoms. The summed E-state index contributed by atoms with van der Waals surface area (Å²) >= 11 is 0. The lowest BCUT2D eigenvalue weighted by Gasteiger charge is -2.36. The lowest BCUT2D eigenvalue weighted by molar-refractivity contribution is -0.131. The van der Waals surface area contributed by atoms with Crippen molar-refractivity contribution in [3.05, 3.63) is 65.2 Å². The van der Waals surface area contributed by atoms with E-state index in [9.17, 15) is 14.4 Å². The summed E-state index contributed by atoms with van der Waals surface area (Å²) in [5.41, 5.74) is 3.38. The highest BCUT2D eigenvalue weighted by Gasteiger charge is 2.34. The molecule has 2 aromatic carbocycles. The maximum absolute atomic E-state index is 12.7. The van der Waals surface area contributed by atoms with Gasteiger partial charge in [0.15, 0.2) is 0 Å². The van der Waals surface area contributed by atoms with E-state index in [1.54, 1.807) is 24.3 Å². The van der Waals surface area contributed by atoms with Crippen molar-refractivity contribution in [2.75, 3.05) is 51.7 Å².